The van der Waals surface area contributed by atoms with E-state index in [0.29, 0.717) is 13.0 Å². The number of benzene rings is 2. The Morgan fingerprint density at radius 3 is 2.07 bits per heavy atom. The Hall–Kier alpha value is -5.32. The Labute approximate surface area is 359 Å². The van der Waals surface area contributed by atoms with Gasteiger partial charge in [-0.15, -0.1) is 22.7 Å². The minimum atomic E-state index is -0.665. The first-order chi connectivity index (χ1) is 28.9. The van der Waals surface area contributed by atoms with Crippen LogP contribution < -0.4 is 10.6 Å². The van der Waals surface area contributed by atoms with Crippen LogP contribution in [0.5, 0.6) is 0 Å². The van der Waals surface area contributed by atoms with E-state index in [4.69, 9.17) is 9.72 Å². The molecule has 4 amide bonds. The Bertz CT molecular complexity index is 2310. The van der Waals surface area contributed by atoms with Crippen LogP contribution in [-0.4, -0.2) is 108 Å². The molecule has 0 bridgehead atoms. The van der Waals surface area contributed by atoms with Crippen LogP contribution in [0.3, 0.4) is 0 Å². The first-order valence-corrected chi connectivity index (χ1v) is 22.0. The lowest BCUT2D eigenvalue weighted by atomic mass is 10.0. The van der Waals surface area contributed by atoms with E-state index in [9.17, 15) is 19.2 Å². The molecule has 6 aromatic rings. The summed E-state index contributed by atoms with van der Waals surface area (Å²) < 4.78 is 11.5. The molecule has 0 aliphatic carbocycles. The highest BCUT2D eigenvalue weighted by atomic mass is 32.1. The molecule has 322 valence electrons. The van der Waals surface area contributed by atoms with Crippen molar-refractivity contribution in [2.45, 2.75) is 72.4 Å². The number of rotatable bonds is 9. The number of imidazole rings is 2. The van der Waals surface area contributed by atoms with Gasteiger partial charge in [0.2, 0.25) is 18.2 Å². The zero-order valence-corrected chi connectivity index (χ0v) is 37.4. The van der Waals surface area contributed by atoms with E-state index in [2.05, 4.69) is 81.4 Å². The van der Waals surface area contributed by atoms with Gasteiger partial charge in [-0.25, -0.2) is 14.8 Å². The summed E-state index contributed by atoms with van der Waals surface area (Å²) >= 11 is 3.54. The molecule has 6 heterocycles. The topological polar surface area (TPSA) is 175 Å². The van der Waals surface area contributed by atoms with Gasteiger partial charge in [-0.05, 0) is 61.8 Å². The number of amides is 4. The number of nitrogens with zero attached hydrogens (tertiary/aromatic N) is 4. The van der Waals surface area contributed by atoms with Gasteiger partial charge in [-0.1, -0.05) is 58.9 Å². The maximum atomic E-state index is 13.6. The van der Waals surface area contributed by atoms with Crippen molar-refractivity contribution in [3.05, 3.63) is 60.7 Å². The number of para-hydroxylation sites is 2. The van der Waals surface area contributed by atoms with Gasteiger partial charge in [-0.2, -0.15) is 0 Å². The summed E-state index contributed by atoms with van der Waals surface area (Å²) in [6.45, 7) is 12.8. The van der Waals surface area contributed by atoms with Gasteiger partial charge in [0.05, 0.1) is 48.1 Å². The van der Waals surface area contributed by atoms with Gasteiger partial charge in [0.25, 0.3) is 0 Å². The number of hydrogen-bond acceptors (Lipinski definition) is 10. The molecule has 2 fully saturated rings. The second-order valence-electron chi connectivity index (χ2n) is 15.7. The fraction of sp³-hybridized carbons (Fsp3) is 0.455. The summed E-state index contributed by atoms with van der Waals surface area (Å²) in [6, 6.07) is 16.1. The Kier molecular flexibility index (Phi) is 16.6. The number of hydrogen-bond donors (Lipinski definition) is 4. The highest BCUT2D eigenvalue weighted by molar-refractivity contribution is 7.31. The van der Waals surface area contributed by atoms with Crippen molar-refractivity contribution in [3.8, 4) is 20.9 Å². The number of ether oxygens (including phenoxy) is 2. The SMILES string of the molecule is CC(C)C.COC.COC(=O)NC(C(=O)N1CCCC1c1nc2c(-c3cc4sc(-c5cccc6[nH]cnc56)cc4s3)cccc2[nH]1)C(C)C.O=CNCC(=O)N1CCCC1. The van der Waals surface area contributed by atoms with Gasteiger partial charge < -0.3 is 39.9 Å². The monoisotopic (exact) mass is 858 g/mol. The van der Waals surface area contributed by atoms with Gasteiger partial charge >= 0.3 is 6.09 Å². The Balaban J connectivity index is 0.000000318. The van der Waals surface area contributed by atoms with Gasteiger partial charge in [0.15, 0.2) is 0 Å². The third-order valence-corrected chi connectivity index (χ3v) is 12.1. The van der Waals surface area contributed by atoms with Gasteiger partial charge in [-0.3, -0.25) is 14.4 Å². The van der Waals surface area contributed by atoms with Crippen molar-refractivity contribution < 1.29 is 28.7 Å². The van der Waals surface area contributed by atoms with Crippen molar-refractivity contribution in [3.63, 3.8) is 0 Å². The summed E-state index contributed by atoms with van der Waals surface area (Å²) in [4.78, 5) is 68.8. The van der Waals surface area contributed by atoms with E-state index in [1.165, 1.54) is 21.4 Å². The Morgan fingerprint density at radius 2 is 1.48 bits per heavy atom. The second-order valence-corrected chi connectivity index (χ2v) is 17.8. The van der Waals surface area contributed by atoms with Crippen molar-refractivity contribution in [1.82, 2.24) is 40.4 Å². The fourth-order valence-electron chi connectivity index (χ4n) is 7.07. The van der Waals surface area contributed by atoms with E-state index < -0.39 is 12.1 Å². The first-order valence-electron chi connectivity index (χ1n) is 20.3. The molecule has 4 N–H and O–H groups in total. The normalized spacial score (nSPS) is 15.3. The quantitative estimate of drug-likeness (QED) is 0.105. The van der Waals surface area contributed by atoms with E-state index in [1.54, 1.807) is 48.1 Å². The molecule has 2 unspecified atom stereocenters. The fourth-order valence-corrected chi connectivity index (χ4v) is 9.52. The van der Waals surface area contributed by atoms with E-state index >= 15 is 0 Å². The van der Waals surface area contributed by atoms with Crippen LogP contribution in [0, 0.1) is 11.8 Å². The number of carbonyl (C=O) groups excluding carboxylic acids is 4. The number of nitrogens with one attached hydrogen (secondary N) is 4. The van der Waals surface area contributed by atoms with Crippen LogP contribution in [0.2, 0.25) is 0 Å². The van der Waals surface area contributed by atoms with E-state index in [0.717, 1.165) is 88.6 Å². The Morgan fingerprint density at radius 1 is 0.883 bits per heavy atom. The number of likely N-dealkylation sites (tertiary alicyclic amines) is 2. The van der Waals surface area contributed by atoms with E-state index in [1.807, 2.05) is 36.9 Å². The summed E-state index contributed by atoms with van der Waals surface area (Å²) in [5, 5.41) is 5.07. The largest absolute Gasteiger partial charge is 0.453 e. The van der Waals surface area contributed by atoms with Crippen LogP contribution in [0.4, 0.5) is 4.79 Å². The predicted molar refractivity (Wildman–Crippen MR) is 241 cm³/mol. The molecular weight excluding hydrogens is 801 g/mol. The number of carbonyl (C=O) groups is 4. The van der Waals surface area contributed by atoms with Crippen molar-refractivity contribution in [2.75, 3.05) is 47.5 Å². The minimum absolute atomic E-state index is 0.0228. The average Bonchev–Trinajstić information content (AvgIpc) is 4.08. The highest BCUT2D eigenvalue weighted by Gasteiger charge is 2.37. The molecule has 0 spiro atoms. The van der Waals surface area contributed by atoms with Crippen LogP contribution in [0.15, 0.2) is 54.9 Å². The number of H-pyrrole nitrogens is 2. The zero-order chi connectivity index (χ0) is 43.3. The van der Waals surface area contributed by atoms with Gasteiger partial charge in [0, 0.05) is 64.1 Å². The van der Waals surface area contributed by atoms with Crippen LogP contribution in [0.25, 0.3) is 52.3 Å². The van der Waals surface area contributed by atoms with Crippen molar-refractivity contribution in [1.29, 1.82) is 0 Å². The number of fused-ring (bicyclic) bond motifs is 3. The van der Waals surface area contributed by atoms with Gasteiger partial charge in [0.1, 0.15) is 11.9 Å². The third-order valence-electron chi connectivity index (χ3n) is 9.76. The molecule has 2 atom stereocenters. The lowest BCUT2D eigenvalue weighted by Gasteiger charge is -2.29. The van der Waals surface area contributed by atoms with Crippen molar-refractivity contribution in [2.24, 2.45) is 11.8 Å². The number of alkyl carbamates (subject to hydrolysis) is 1. The maximum Gasteiger partial charge on any atom is 0.407 e. The highest BCUT2D eigenvalue weighted by Crippen LogP contribution is 2.44. The zero-order valence-electron chi connectivity index (χ0n) is 35.8. The molecule has 2 saturated heterocycles. The molecule has 2 aliphatic rings. The lowest BCUT2D eigenvalue weighted by molar-refractivity contribution is -0.135. The molecule has 8 rings (SSSR count). The molecule has 16 heteroatoms. The minimum Gasteiger partial charge on any atom is -0.453 e. The molecule has 14 nitrogen and oxygen atoms in total. The molecule has 4 aromatic heterocycles. The average molecular weight is 859 g/mol. The second kappa shape index (κ2) is 21.8. The molecular formula is C44H58N8O6S2. The summed E-state index contributed by atoms with van der Waals surface area (Å²) in [6.07, 6.45) is 5.55. The van der Waals surface area contributed by atoms with Crippen molar-refractivity contribution >= 4 is 78.5 Å². The summed E-state index contributed by atoms with van der Waals surface area (Å²) in [7, 11) is 4.55. The number of aromatic nitrogens is 4. The first kappa shape index (κ1) is 45.8. The predicted octanol–water partition coefficient (Wildman–Crippen LogP) is 8.37. The molecule has 0 radical (unpaired) electrons. The number of thiophene rings is 2. The number of methoxy groups -OCH3 is 2. The standard InChI is InChI=1S/C31H30N6O3S2.C7H12N2O2.C4H10.C2H6O/c1-16(2)26(36-31(39)40-3)30(38)37-12-6-11-21(37)29-34-20-10-5-8-18(28(20)35-29)23-14-25-24(42-23)13-22(41-25)17-7-4-9-19-27(17)33-15-32-19;10-6-8-5-7(11)9-3-1-2-4-9;1-4(2)3;1-3-2/h4-5,7-10,13-16,21,26H,6,11-12H2,1-3H3,(H,32,33)(H,34,35)(H,36,39);6H,1-5H2,(H,8,10);4H,1-3H3;1-2H3. The maximum absolute atomic E-state index is 13.6. The van der Waals surface area contributed by atoms with Crippen LogP contribution in [0.1, 0.15) is 72.2 Å². The van der Waals surface area contributed by atoms with Crippen LogP contribution in [-0.2, 0) is 23.9 Å². The third kappa shape index (κ3) is 11.3. The van der Waals surface area contributed by atoms with E-state index in [-0.39, 0.29) is 30.3 Å². The summed E-state index contributed by atoms with van der Waals surface area (Å²) in [5.41, 5.74) is 6.07. The summed E-state index contributed by atoms with van der Waals surface area (Å²) in [5.74, 6) is 1.44. The molecule has 60 heavy (non-hydrogen) atoms. The molecule has 0 saturated carbocycles. The van der Waals surface area contributed by atoms with Crippen LogP contribution >= 0.6 is 22.7 Å². The molecule has 2 aliphatic heterocycles. The number of aromatic amines is 2. The molecule has 2 aromatic carbocycles. The smallest absolute Gasteiger partial charge is 0.407 e. The lowest BCUT2D eigenvalue weighted by Crippen LogP contribution is -2.51.